The van der Waals surface area contributed by atoms with Crippen molar-refractivity contribution in [3.05, 3.63) is 84.9 Å². The van der Waals surface area contributed by atoms with Crippen molar-refractivity contribution in [2.24, 2.45) is 11.8 Å². The number of carbonyl (C=O) groups excluding carboxylic acids is 1. The first-order valence-corrected chi connectivity index (χ1v) is 14.9. The maximum Gasteiger partial charge on any atom is 0.261 e. The molecule has 0 spiro atoms. The maximum absolute atomic E-state index is 13.3. The van der Waals surface area contributed by atoms with Crippen molar-refractivity contribution in [1.29, 1.82) is 0 Å². The van der Waals surface area contributed by atoms with Crippen LogP contribution in [0.4, 0.5) is 0 Å². The van der Waals surface area contributed by atoms with Crippen LogP contribution in [0.2, 0.25) is 5.04 Å². The molecule has 0 unspecified atom stereocenters. The van der Waals surface area contributed by atoms with E-state index in [4.69, 9.17) is 4.43 Å². The number of H-pyrrole nitrogens is 1. The summed E-state index contributed by atoms with van der Waals surface area (Å²) in [5.41, 5.74) is 1.27. The lowest BCUT2D eigenvalue weighted by Crippen LogP contribution is -2.67. The Bertz CT molecular complexity index is 1270. The fourth-order valence-electron chi connectivity index (χ4n) is 5.86. The molecule has 0 bridgehead atoms. The highest BCUT2D eigenvalue weighted by Gasteiger charge is 2.50. The molecule has 6 heteroatoms. The smallest absolute Gasteiger partial charge is 0.261 e. The Morgan fingerprint density at radius 3 is 2.11 bits per heavy atom. The molecule has 5 nitrogen and oxygen atoms in total. The molecule has 0 saturated heterocycles. The first kappa shape index (κ1) is 24.6. The number of hydrogen-bond donors (Lipinski definition) is 1. The van der Waals surface area contributed by atoms with Crippen LogP contribution in [0.25, 0.3) is 11.0 Å². The van der Waals surface area contributed by atoms with Crippen LogP contribution in [0.15, 0.2) is 79.3 Å². The zero-order valence-electron chi connectivity index (χ0n) is 21.4. The van der Waals surface area contributed by atoms with Gasteiger partial charge in [-0.25, -0.2) is 9.97 Å². The average molecular weight is 498 g/mol. The number of aromatic nitrogens is 3. The third kappa shape index (κ3) is 4.55. The van der Waals surface area contributed by atoms with E-state index >= 15 is 0 Å². The minimum absolute atomic E-state index is 0.0158. The van der Waals surface area contributed by atoms with Crippen molar-refractivity contribution < 1.29 is 9.22 Å². The Hall–Kier alpha value is -3.09. The fourth-order valence-corrected chi connectivity index (χ4v) is 10.5. The number of rotatable bonds is 7. The topological polar surface area (TPSA) is 67.9 Å². The van der Waals surface area contributed by atoms with Gasteiger partial charge in [-0.15, -0.1) is 0 Å². The quantitative estimate of drug-likeness (QED) is 0.270. The van der Waals surface area contributed by atoms with E-state index in [-0.39, 0.29) is 16.7 Å². The van der Waals surface area contributed by atoms with E-state index in [1.54, 1.807) is 0 Å². The average Bonchev–Trinajstić information content (AvgIpc) is 3.39. The van der Waals surface area contributed by atoms with E-state index in [0.717, 1.165) is 43.3 Å². The SMILES string of the molecule is CC(C)(C)[Si](OC[C@H]1CC[C@H](C(=O)c2ncnc3[nH]ccc23)CC1)(c1ccccc1)c1ccccc1. The number of hydrogen-bond acceptors (Lipinski definition) is 4. The Morgan fingerprint density at radius 1 is 0.917 bits per heavy atom. The van der Waals surface area contributed by atoms with Gasteiger partial charge in [0.25, 0.3) is 8.32 Å². The maximum atomic E-state index is 13.3. The summed E-state index contributed by atoms with van der Waals surface area (Å²) >= 11 is 0. The molecule has 1 fully saturated rings. The molecule has 2 aromatic heterocycles. The van der Waals surface area contributed by atoms with Gasteiger partial charge in [-0.1, -0.05) is 81.4 Å². The normalized spacial score (nSPS) is 18.9. The van der Waals surface area contributed by atoms with Gasteiger partial charge < -0.3 is 9.41 Å². The molecular weight excluding hydrogens is 462 g/mol. The van der Waals surface area contributed by atoms with Crippen molar-refractivity contribution in [1.82, 2.24) is 15.0 Å². The summed E-state index contributed by atoms with van der Waals surface area (Å²) in [6, 6.07) is 23.5. The monoisotopic (exact) mass is 497 g/mol. The van der Waals surface area contributed by atoms with Crippen LogP contribution in [-0.4, -0.2) is 35.7 Å². The molecule has 0 atom stereocenters. The number of fused-ring (bicyclic) bond motifs is 1. The van der Waals surface area contributed by atoms with Crippen molar-refractivity contribution in [3.63, 3.8) is 0 Å². The Kier molecular flexibility index (Phi) is 6.91. The van der Waals surface area contributed by atoms with Crippen molar-refractivity contribution in [3.8, 4) is 0 Å². The molecule has 0 radical (unpaired) electrons. The molecule has 1 saturated carbocycles. The van der Waals surface area contributed by atoms with Gasteiger partial charge in [0.05, 0.1) is 0 Å². The Morgan fingerprint density at radius 2 is 1.53 bits per heavy atom. The predicted molar refractivity (Wildman–Crippen MR) is 147 cm³/mol. The summed E-state index contributed by atoms with van der Waals surface area (Å²) in [6.45, 7) is 7.68. The number of aromatic amines is 1. The van der Waals surface area contributed by atoms with Gasteiger partial charge in [-0.2, -0.15) is 0 Å². The van der Waals surface area contributed by atoms with E-state index < -0.39 is 8.32 Å². The van der Waals surface area contributed by atoms with Crippen LogP contribution in [0, 0.1) is 11.8 Å². The van der Waals surface area contributed by atoms with Gasteiger partial charge in [-0.05, 0) is 53.1 Å². The Balaban J connectivity index is 1.33. The van der Waals surface area contributed by atoms with Crippen molar-refractivity contribution >= 4 is 35.5 Å². The molecule has 0 aliphatic heterocycles. The number of carbonyl (C=O) groups is 1. The van der Waals surface area contributed by atoms with Crippen molar-refractivity contribution in [2.45, 2.75) is 51.5 Å². The third-order valence-corrected chi connectivity index (χ3v) is 12.8. The molecule has 186 valence electrons. The molecule has 2 aromatic carbocycles. The minimum Gasteiger partial charge on any atom is -0.407 e. The molecule has 1 N–H and O–H groups in total. The van der Waals surface area contributed by atoms with Crippen LogP contribution in [-0.2, 0) is 4.43 Å². The van der Waals surface area contributed by atoms with Gasteiger partial charge in [0.2, 0.25) is 0 Å². The lowest BCUT2D eigenvalue weighted by Gasteiger charge is -2.44. The molecule has 5 rings (SSSR count). The highest BCUT2D eigenvalue weighted by atomic mass is 28.4. The molecule has 1 aliphatic carbocycles. The van der Waals surface area contributed by atoms with Gasteiger partial charge in [-0.3, -0.25) is 4.79 Å². The van der Waals surface area contributed by atoms with Crippen LogP contribution in [0.5, 0.6) is 0 Å². The zero-order valence-corrected chi connectivity index (χ0v) is 22.4. The highest BCUT2D eigenvalue weighted by Crippen LogP contribution is 2.38. The largest absolute Gasteiger partial charge is 0.407 e. The van der Waals surface area contributed by atoms with E-state index in [0.29, 0.717) is 11.6 Å². The van der Waals surface area contributed by atoms with E-state index in [9.17, 15) is 4.79 Å². The lowest BCUT2D eigenvalue weighted by molar-refractivity contribution is 0.0847. The Labute approximate surface area is 214 Å². The summed E-state index contributed by atoms with van der Waals surface area (Å²) in [4.78, 5) is 25.0. The second-order valence-electron chi connectivity index (χ2n) is 11.0. The van der Waals surface area contributed by atoms with Crippen LogP contribution in [0.3, 0.4) is 0 Å². The first-order valence-electron chi connectivity index (χ1n) is 13.0. The van der Waals surface area contributed by atoms with Gasteiger partial charge in [0.1, 0.15) is 17.7 Å². The summed E-state index contributed by atoms with van der Waals surface area (Å²) < 4.78 is 7.16. The zero-order chi connectivity index (χ0) is 25.2. The van der Waals surface area contributed by atoms with Crippen molar-refractivity contribution in [2.75, 3.05) is 6.61 Å². The molecule has 0 amide bonds. The second-order valence-corrected chi connectivity index (χ2v) is 15.3. The molecule has 36 heavy (non-hydrogen) atoms. The van der Waals surface area contributed by atoms with Crippen LogP contribution >= 0.6 is 0 Å². The molecule has 1 aliphatic rings. The van der Waals surface area contributed by atoms with E-state index in [1.807, 2.05) is 12.3 Å². The summed E-state index contributed by atoms with van der Waals surface area (Å²) in [7, 11) is -2.53. The van der Waals surface area contributed by atoms with Gasteiger partial charge in [0, 0.05) is 24.1 Å². The van der Waals surface area contributed by atoms with E-state index in [2.05, 4.69) is 96.4 Å². The van der Waals surface area contributed by atoms with Crippen LogP contribution in [0.1, 0.15) is 56.9 Å². The number of ketones is 1. The predicted octanol–water partition coefficient (Wildman–Crippen LogP) is 5.52. The summed E-state index contributed by atoms with van der Waals surface area (Å²) in [6.07, 6.45) is 7.05. The number of nitrogens with one attached hydrogen (secondary N) is 1. The first-order chi connectivity index (χ1) is 17.4. The number of Topliss-reactive ketones (excluding diaryl/α,β-unsaturated/α-hetero) is 1. The molecule has 4 aromatic rings. The van der Waals surface area contributed by atoms with Gasteiger partial charge in [0.15, 0.2) is 5.78 Å². The number of benzene rings is 2. The standard InChI is InChI=1S/C30H35N3O2Si/c1-30(2,3)36(24-10-6-4-7-11-24,25-12-8-5-9-13-25)35-20-22-14-16-23(17-15-22)28(34)27-26-18-19-31-29(26)33-21-32-27/h4-13,18-19,21-23H,14-17,20H2,1-3H3,(H,31,32,33)/t22-,23-. The number of nitrogens with zero attached hydrogens (tertiary/aromatic N) is 2. The third-order valence-electron chi connectivity index (χ3n) is 7.76. The lowest BCUT2D eigenvalue weighted by atomic mass is 9.79. The highest BCUT2D eigenvalue weighted by molar-refractivity contribution is 6.99. The molecular formula is C30H35N3O2Si. The van der Waals surface area contributed by atoms with E-state index in [1.165, 1.54) is 16.7 Å². The second kappa shape index (κ2) is 10.1. The fraction of sp³-hybridized carbons (Fsp3) is 0.367. The summed E-state index contributed by atoms with van der Waals surface area (Å²) in [5.74, 6) is 0.615. The van der Waals surface area contributed by atoms with Gasteiger partial charge >= 0.3 is 0 Å². The molecule has 2 heterocycles. The summed E-state index contributed by atoms with van der Waals surface area (Å²) in [5, 5.41) is 3.41. The van der Waals surface area contributed by atoms with Crippen LogP contribution < -0.4 is 10.4 Å². The minimum atomic E-state index is -2.53.